The van der Waals surface area contributed by atoms with Crippen LogP contribution in [0, 0.1) is 0 Å². The van der Waals surface area contributed by atoms with Gasteiger partial charge in [-0.15, -0.1) is 0 Å². The van der Waals surface area contributed by atoms with Crippen LogP contribution >= 0.6 is 0 Å². The first kappa shape index (κ1) is 13.8. The maximum Gasteiger partial charge on any atom is 0.323 e. The molecule has 2 aliphatic carbocycles. The third kappa shape index (κ3) is 3.04. The van der Waals surface area contributed by atoms with Gasteiger partial charge in [-0.3, -0.25) is 10.1 Å². The van der Waals surface area contributed by atoms with E-state index in [1.807, 2.05) is 0 Å². The molecule has 2 saturated carbocycles. The van der Waals surface area contributed by atoms with Crippen LogP contribution in [0.3, 0.4) is 0 Å². The minimum Gasteiger partial charge on any atom is -0.480 e. The molecule has 0 aromatic rings. The molecule has 2 atom stereocenters. The minimum atomic E-state index is -0.652. The lowest BCUT2D eigenvalue weighted by molar-refractivity contribution is -0.145. The maximum atomic E-state index is 11.6. The predicted octanol–water partition coefficient (Wildman–Crippen LogP) is 1.85. The minimum absolute atomic E-state index is 0.430. The van der Waals surface area contributed by atoms with Crippen LogP contribution in [-0.4, -0.2) is 47.2 Å². The van der Waals surface area contributed by atoms with Gasteiger partial charge in [0.25, 0.3) is 0 Å². The molecule has 0 aromatic heterocycles. The highest BCUT2D eigenvalue weighted by Crippen LogP contribution is 2.36. The van der Waals surface area contributed by atoms with Gasteiger partial charge in [-0.25, -0.2) is 0 Å². The summed E-state index contributed by atoms with van der Waals surface area (Å²) in [4.78, 5) is 13.9. The van der Waals surface area contributed by atoms with Gasteiger partial charge in [0.1, 0.15) is 5.54 Å². The molecule has 0 aliphatic heterocycles. The van der Waals surface area contributed by atoms with Crippen molar-refractivity contribution in [1.29, 1.82) is 0 Å². The molecule has 0 saturated heterocycles. The number of nitrogens with zero attached hydrogens (tertiary/aromatic N) is 1. The van der Waals surface area contributed by atoms with E-state index < -0.39 is 11.5 Å². The van der Waals surface area contributed by atoms with E-state index in [1.54, 1.807) is 0 Å². The number of carboxylic acids is 1. The van der Waals surface area contributed by atoms with Gasteiger partial charge in [-0.05, 0) is 52.1 Å². The summed E-state index contributed by atoms with van der Waals surface area (Å²) in [7, 11) is 2.13. The molecule has 0 spiro atoms. The van der Waals surface area contributed by atoms with E-state index in [-0.39, 0.29) is 0 Å². The van der Waals surface area contributed by atoms with E-state index in [4.69, 9.17) is 0 Å². The molecule has 0 amide bonds. The molecule has 0 aromatic carbocycles. The van der Waals surface area contributed by atoms with E-state index in [1.165, 1.54) is 12.8 Å². The molecule has 0 bridgehead atoms. The maximum absolute atomic E-state index is 11.6. The highest BCUT2D eigenvalue weighted by Gasteiger charge is 2.48. The van der Waals surface area contributed by atoms with E-state index in [9.17, 15) is 9.90 Å². The fraction of sp³-hybridized carbons (Fsp3) is 0.929. The van der Waals surface area contributed by atoms with Gasteiger partial charge in [-0.1, -0.05) is 13.3 Å². The number of rotatable bonds is 7. The topological polar surface area (TPSA) is 52.6 Å². The second-order valence-electron chi connectivity index (χ2n) is 6.04. The van der Waals surface area contributed by atoms with E-state index in [0.717, 1.165) is 38.6 Å². The average molecular weight is 254 g/mol. The van der Waals surface area contributed by atoms with Crippen LogP contribution < -0.4 is 5.32 Å². The summed E-state index contributed by atoms with van der Waals surface area (Å²) in [5, 5.41) is 12.9. The molecule has 2 aliphatic rings. The molecule has 4 heteroatoms. The van der Waals surface area contributed by atoms with Gasteiger partial charge in [0.05, 0.1) is 0 Å². The molecule has 0 radical (unpaired) electrons. The highest BCUT2D eigenvalue weighted by atomic mass is 16.4. The zero-order valence-corrected chi connectivity index (χ0v) is 11.6. The fourth-order valence-corrected chi connectivity index (χ4v) is 2.99. The third-order valence-electron chi connectivity index (χ3n) is 4.44. The molecule has 104 valence electrons. The largest absolute Gasteiger partial charge is 0.480 e. The molecule has 2 rings (SSSR count). The Kier molecular flexibility index (Phi) is 4.28. The number of nitrogens with one attached hydrogen (secondary N) is 1. The molecule has 2 unspecified atom stereocenters. The summed E-state index contributed by atoms with van der Waals surface area (Å²) in [5.74, 6) is -0.652. The van der Waals surface area contributed by atoms with Crippen LogP contribution in [0.15, 0.2) is 0 Å². The molecule has 18 heavy (non-hydrogen) atoms. The number of aliphatic carboxylic acids is 1. The Morgan fingerprint density at radius 2 is 2.17 bits per heavy atom. The lowest BCUT2D eigenvalue weighted by atomic mass is 9.97. The van der Waals surface area contributed by atoms with Crippen LogP contribution in [0.4, 0.5) is 0 Å². The Hall–Kier alpha value is -0.610. The zero-order chi connectivity index (χ0) is 13.2. The van der Waals surface area contributed by atoms with Crippen molar-refractivity contribution in [2.45, 2.75) is 69.5 Å². The number of carbonyl (C=O) groups is 1. The van der Waals surface area contributed by atoms with Crippen molar-refractivity contribution in [1.82, 2.24) is 10.2 Å². The first-order chi connectivity index (χ1) is 8.57. The smallest absolute Gasteiger partial charge is 0.323 e. The van der Waals surface area contributed by atoms with Crippen molar-refractivity contribution in [3.8, 4) is 0 Å². The van der Waals surface area contributed by atoms with Gasteiger partial charge in [0.15, 0.2) is 0 Å². The zero-order valence-electron chi connectivity index (χ0n) is 11.6. The Labute approximate surface area is 110 Å². The lowest BCUT2D eigenvalue weighted by Gasteiger charge is -2.29. The van der Waals surface area contributed by atoms with Crippen molar-refractivity contribution < 1.29 is 9.90 Å². The second-order valence-corrected chi connectivity index (χ2v) is 6.04. The van der Waals surface area contributed by atoms with Gasteiger partial charge in [0, 0.05) is 12.1 Å². The molecule has 2 N–H and O–H groups in total. The summed E-state index contributed by atoms with van der Waals surface area (Å²) >= 11 is 0. The average Bonchev–Trinajstić information content (AvgIpc) is 3.03. The normalized spacial score (nSPS) is 32.1. The molecule has 0 heterocycles. The van der Waals surface area contributed by atoms with E-state index in [0.29, 0.717) is 12.1 Å². The summed E-state index contributed by atoms with van der Waals surface area (Å²) < 4.78 is 0. The predicted molar refractivity (Wildman–Crippen MR) is 71.7 cm³/mol. The van der Waals surface area contributed by atoms with Gasteiger partial charge >= 0.3 is 5.97 Å². The third-order valence-corrected chi connectivity index (χ3v) is 4.44. The van der Waals surface area contributed by atoms with Gasteiger partial charge < -0.3 is 10.0 Å². The second kappa shape index (κ2) is 5.57. The van der Waals surface area contributed by atoms with Gasteiger partial charge in [-0.2, -0.15) is 0 Å². The van der Waals surface area contributed by atoms with Crippen molar-refractivity contribution >= 4 is 5.97 Å². The Balaban J connectivity index is 1.92. The fourth-order valence-electron chi connectivity index (χ4n) is 2.99. The van der Waals surface area contributed by atoms with Crippen molar-refractivity contribution in [2.24, 2.45) is 0 Å². The Morgan fingerprint density at radius 3 is 2.72 bits per heavy atom. The summed E-state index contributed by atoms with van der Waals surface area (Å²) in [6.45, 7) is 3.28. The summed E-state index contributed by atoms with van der Waals surface area (Å²) in [6.07, 6.45) is 7.23. The van der Waals surface area contributed by atoms with Crippen LogP contribution in [0.25, 0.3) is 0 Å². The quantitative estimate of drug-likeness (QED) is 0.728. The van der Waals surface area contributed by atoms with Gasteiger partial charge in [0.2, 0.25) is 0 Å². The number of unbranched alkanes of at least 4 members (excludes halogenated alkanes) is 1. The van der Waals surface area contributed by atoms with Crippen molar-refractivity contribution in [3.05, 3.63) is 0 Å². The first-order valence-corrected chi connectivity index (χ1v) is 7.29. The number of hydrogen-bond donors (Lipinski definition) is 2. The molecular formula is C14H26N2O2. The van der Waals surface area contributed by atoms with Crippen molar-refractivity contribution in [2.75, 3.05) is 13.6 Å². The Morgan fingerprint density at radius 1 is 1.44 bits per heavy atom. The number of carboxylic acid groups (broad SMARTS) is 1. The summed E-state index contributed by atoms with van der Waals surface area (Å²) in [5.41, 5.74) is -0.647. The van der Waals surface area contributed by atoms with Crippen LogP contribution in [-0.2, 0) is 4.79 Å². The summed E-state index contributed by atoms with van der Waals surface area (Å²) in [6, 6.07) is 0.889. The highest BCUT2D eigenvalue weighted by molar-refractivity contribution is 5.79. The first-order valence-electron chi connectivity index (χ1n) is 7.29. The SMILES string of the molecule is CCCCN(C)C1CCC(NC2CC2)(C(=O)O)C1. The molecule has 4 nitrogen and oxygen atoms in total. The molecular weight excluding hydrogens is 228 g/mol. The van der Waals surface area contributed by atoms with Crippen LogP contribution in [0.1, 0.15) is 51.9 Å². The van der Waals surface area contributed by atoms with Crippen LogP contribution in [0.5, 0.6) is 0 Å². The Bertz CT molecular complexity index is 304. The lowest BCUT2D eigenvalue weighted by Crippen LogP contribution is -2.52. The molecule has 2 fully saturated rings. The van der Waals surface area contributed by atoms with Crippen molar-refractivity contribution in [3.63, 3.8) is 0 Å². The monoisotopic (exact) mass is 254 g/mol. The standard InChI is InChI=1S/C14H26N2O2/c1-3-4-9-16(2)12-7-8-14(10-12,13(17)18)15-11-5-6-11/h11-12,15H,3-10H2,1-2H3,(H,17,18). The van der Waals surface area contributed by atoms with E-state index >= 15 is 0 Å². The van der Waals surface area contributed by atoms with Crippen LogP contribution in [0.2, 0.25) is 0 Å². The van der Waals surface area contributed by atoms with E-state index in [2.05, 4.69) is 24.2 Å². The number of hydrogen-bond acceptors (Lipinski definition) is 3.